The van der Waals surface area contributed by atoms with Gasteiger partial charge in [0.25, 0.3) is 0 Å². The molecule has 4 heteroatoms. The maximum atomic E-state index is 3.95. The molecule has 0 aromatic rings. The molecular weight excluding hydrogens is 281 g/mol. The van der Waals surface area contributed by atoms with Gasteiger partial charge in [0.05, 0.1) is 0 Å². The number of rotatable bonds is 5. The Morgan fingerprint density at radius 2 is 1.21 bits per heavy atom. The maximum absolute atomic E-state index is 3.95. The van der Waals surface area contributed by atoms with E-state index in [0.717, 1.165) is 0 Å². The number of hydrogen-bond acceptors (Lipinski definition) is 3. The van der Waals surface area contributed by atoms with E-state index in [9.17, 15) is 0 Å². The number of nitrogens with zero attached hydrogens (tertiary/aromatic N) is 3. The van der Waals surface area contributed by atoms with Crippen molar-refractivity contribution in [1.29, 1.82) is 0 Å². The van der Waals surface area contributed by atoms with Crippen molar-refractivity contribution in [2.45, 2.75) is 10.9 Å². The van der Waals surface area contributed by atoms with Crippen molar-refractivity contribution in [3.05, 3.63) is 12.7 Å². The van der Waals surface area contributed by atoms with E-state index >= 15 is 0 Å². The Balaban J connectivity index is 5.26. The monoisotopic (exact) mass is 307 g/mol. The van der Waals surface area contributed by atoms with E-state index in [1.165, 1.54) is 0 Å². The van der Waals surface area contributed by atoms with E-state index in [1.54, 1.807) is 0 Å². The Morgan fingerprint density at radius 1 is 0.929 bits per heavy atom. The molecule has 0 N–H and O–H groups in total. The minimum atomic E-state index is -2.59. The van der Waals surface area contributed by atoms with Crippen LogP contribution in [0, 0.1) is 0 Å². The molecule has 0 radical (unpaired) electrons. The van der Waals surface area contributed by atoms with Gasteiger partial charge in [-0.3, -0.25) is 0 Å². The third kappa shape index (κ3) is 2.32. The quantitative estimate of drug-likeness (QED) is 0.558. The van der Waals surface area contributed by atoms with Crippen molar-refractivity contribution in [3.8, 4) is 0 Å². The van der Waals surface area contributed by atoms with Crippen LogP contribution in [0.1, 0.15) is 6.92 Å². The molecule has 0 aliphatic heterocycles. The summed E-state index contributed by atoms with van der Waals surface area (Å²) in [5, 5.41) is 0. The SMILES string of the molecule is C=C[CH](C)[Sn]([N](C)C)([N](C)C)[N](C)C. The van der Waals surface area contributed by atoms with Crippen molar-refractivity contribution >= 4 is 19.2 Å². The average molecular weight is 306 g/mol. The molecule has 0 bridgehead atoms. The number of allylic oxidation sites excluding steroid dienone is 1. The van der Waals surface area contributed by atoms with Gasteiger partial charge in [0.2, 0.25) is 0 Å². The van der Waals surface area contributed by atoms with E-state index in [4.69, 9.17) is 0 Å². The summed E-state index contributed by atoms with van der Waals surface area (Å²) >= 11 is -2.59. The minimum absolute atomic E-state index is 0.573. The second-order valence-electron chi connectivity index (χ2n) is 4.39. The molecular formula is C10H25N3Sn. The normalized spacial score (nSPS) is 15.3. The molecule has 14 heavy (non-hydrogen) atoms. The first-order valence-electron chi connectivity index (χ1n) is 4.96. The van der Waals surface area contributed by atoms with Crippen LogP contribution >= 0.6 is 0 Å². The first-order chi connectivity index (χ1) is 6.31. The second-order valence-corrected chi connectivity index (χ2v) is 18.6. The fourth-order valence-corrected chi connectivity index (χ4v) is 17.3. The van der Waals surface area contributed by atoms with Crippen molar-refractivity contribution in [3.63, 3.8) is 0 Å². The molecule has 1 atom stereocenters. The molecule has 84 valence electrons. The average Bonchev–Trinajstić information content (AvgIpc) is 2.02. The first-order valence-corrected chi connectivity index (χ1v) is 10.4. The third-order valence-corrected chi connectivity index (χ3v) is 18.4. The molecule has 0 saturated heterocycles. The van der Waals surface area contributed by atoms with Gasteiger partial charge >= 0.3 is 94.4 Å². The number of hydrogen-bond donors (Lipinski definition) is 0. The van der Waals surface area contributed by atoms with Gasteiger partial charge in [-0.2, -0.15) is 0 Å². The topological polar surface area (TPSA) is 9.72 Å². The van der Waals surface area contributed by atoms with Gasteiger partial charge < -0.3 is 0 Å². The molecule has 0 fully saturated rings. The van der Waals surface area contributed by atoms with Crippen LogP contribution in [0.4, 0.5) is 0 Å². The third-order valence-electron chi connectivity index (χ3n) is 2.94. The molecule has 0 aromatic carbocycles. The van der Waals surface area contributed by atoms with Gasteiger partial charge in [-0.1, -0.05) is 0 Å². The van der Waals surface area contributed by atoms with Crippen molar-refractivity contribution in [2.24, 2.45) is 0 Å². The fraction of sp³-hybridized carbons (Fsp3) is 0.800. The van der Waals surface area contributed by atoms with Crippen LogP contribution in [0.2, 0.25) is 3.93 Å². The van der Waals surface area contributed by atoms with E-state index in [-0.39, 0.29) is 0 Å². The van der Waals surface area contributed by atoms with E-state index in [2.05, 4.69) is 71.2 Å². The summed E-state index contributed by atoms with van der Waals surface area (Å²) in [5.41, 5.74) is 0. The van der Waals surface area contributed by atoms with Gasteiger partial charge in [-0.25, -0.2) is 0 Å². The molecule has 0 aliphatic carbocycles. The molecule has 0 spiro atoms. The fourth-order valence-electron chi connectivity index (χ4n) is 2.58. The second kappa shape index (κ2) is 5.49. The summed E-state index contributed by atoms with van der Waals surface area (Å²) in [4.78, 5) is 0. The zero-order valence-corrected chi connectivity index (χ0v) is 13.6. The molecule has 0 aliphatic rings. The van der Waals surface area contributed by atoms with Gasteiger partial charge in [0.1, 0.15) is 0 Å². The molecule has 0 amide bonds. The predicted octanol–water partition coefficient (Wildman–Crippen LogP) is 1.19. The zero-order chi connectivity index (χ0) is 11.5. The Bertz CT molecular complexity index is 168. The Hall–Kier alpha value is 0.419. The standard InChI is InChI=1S/C4H7.3C2H6N.Sn/c1-3-4-2;3*1-3-2;/h3-4H,1H2,2H3;3*1-2H3;/q;3*-1;+3. The van der Waals surface area contributed by atoms with Crippen LogP contribution in [0.15, 0.2) is 12.7 Å². The summed E-state index contributed by atoms with van der Waals surface area (Å²) in [7, 11) is 13.1. The Morgan fingerprint density at radius 3 is 1.29 bits per heavy atom. The predicted molar refractivity (Wildman–Crippen MR) is 66.4 cm³/mol. The van der Waals surface area contributed by atoms with Crippen molar-refractivity contribution in [2.75, 3.05) is 42.3 Å². The van der Waals surface area contributed by atoms with Crippen LogP contribution in [0.3, 0.4) is 0 Å². The van der Waals surface area contributed by atoms with Gasteiger partial charge in [0.15, 0.2) is 0 Å². The van der Waals surface area contributed by atoms with Gasteiger partial charge in [-0.05, 0) is 0 Å². The van der Waals surface area contributed by atoms with E-state index in [0.29, 0.717) is 3.93 Å². The summed E-state index contributed by atoms with van der Waals surface area (Å²) in [6.07, 6.45) is 2.09. The summed E-state index contributed by atoms with van der Waals surface area (Å²) < 4.78 is 7.87. The van der Waals surface area contributed by atoms with Gasteiger partial charge in [-0.15, -0.1) is 0 Å². The summed E-state index contributed by atoms with van der Waals surface area (Å²) in [5.74, 6) is 0. The molecule has 3 nitrogen and oxygen atoms in total. The van der Waals surface area contributed by atoms with Crippen LogP contribution in [0.25, 0.3) is 0 Å². The van der Waals surface area contributed by atoms with Crippen LogP contribution in [0.5, 0.6) is 0 Å². The Kier molecular flexibility index (Phi) is 5.65. The zero-order valence-electron chi connectivity index (χ0n) is 10.7. The Labute approximate surface area is 94.3 Å². The van der Waals surface area contributed by atoms with Crippen molar-refractivity contribution < 1.29 is 0 Å². The molecule has 0 aromatic heterocycles. The molecule has 0 saturated carbocycles. The van der Waals surface area contributed by atoms with Crippen LogP contribution < -0.4 is 0 Å². The van der Waals surface area contributed by atoms with Crippen LogP contribution in [-0.4, -0.2) is 70.8 Å². The van der Waals surface area contributed by atoms with Gasteiger partial charge in [0, 0.05) is 0 Å². The van der Waals surface area contributed by atoms with Crippen molar-refractivity contribution in [1.82, 2.24) is 9.36 Å². The molecule has 1 unspecified atom stereocenters. The first kappa shape index (κ1) is 14.4. The van der Waals surface area contributed by atoms with E-state index < -0.39 is 19.2 Å². The summed E-state index contributed by atoms with van der Waals surface area (Å²) in [6.45, 7) is 6.23. The molecule has 0 rings (SSSR count). The molecule has 0 heterocycles. The summed E-state index contributed by atoms with van der Waals surface area (Å²) in [6, 6.07) is 0. The van der Waals surface area contributed by atoms with Crippen LogP contribution in [-0.2, 0) is 0 Å². The van der Waals surface area contributed by atoms with E-state index in [1.807, 2.05) is 0 Å².